The van der Waals surface area contributed by atoms with Crippen LogP contribution in [0.1, 0.15) is 34.1 Å². The van der Waals surface area contributed by atoms with E-state index < -0.39 is 0 Å². The normalized spacial score (nSPS) is 13.8. The van der Waals surface area contributed by atoms with Gasteiger partial charge in [-0.3, -0.25) is 4.99 Å². The van der Waals surface area contributed by atoms with Crippen LogP contribution in [0.2, 0.25) is 0 Å². The molecular formula is C11H19N. The summed E-state index contributed by atoms with van der Waals surface area (Å²) in [5.74, 6) is 0.550. The molecule has 0 N–H and O–H groups in total. The van der Waals surface area contributed by atoms with Crippen LogP contribution in [0.3, 0.4) is 0 Å². The van der Waals surface area contributed by atoms with Crippen LogP contribution >= 0.6 is 0 Å². The molecule has 0 radical (unpaired) electrons. The molecule has 0 aliphatic rings. The molecule has 0 unspecified atom stereocenters. The average Bonchev–Trinajstić information content (AvgIpc) is 2.04. The van der Waals surface area contributed by atoms with Crippen LogP contribution in [0, 0.1) is 5.92 Å². The van der Waals surface area contributed by atoms with E-state index in [-0.39, 0.29) is 0 Å². The zero-order valence-corrected chi connectivity index (χ0v) is 8.59. The fourth-order valence-corrected chi connectivity index (χ4v) is 1.09. The molecule has 0 saturated heterocycles. The Kier molecular flexibility index (Phi) is 5.35. The number of nitrogens with zero attached hydrogens (tertiary/aromatic N) is 1. The Hall–Kier alpha value is -0.850. The Labute approximate surface area is 75.9 Å². The maximum atomic E-state index is 4.04. The summed E-state index contributed by atoms with van der Waals surface area (Å²) < 4.78 is 0. The summed E-state index contributed by atoms with van der Waals surface area (Å²) in [7, 11) is 0. The quantitative estimate of drug-likeness (QED) is 0.564. The minimum atomic E-state index is 0.550. The van der Waals surface area contributed by atoms with Gasteiger partial charge in [-0.15, -0.1) is 0 Å². The molecule has 0 fully saturated rings. The van der Waals surface area contributed by atoms with Crippen molar-refractivity contribution in [2.45, 2.75) is 34.1 Å². The lowest BCUT2D eigenvalue weighted by Gasteiger charge is -2.09. The molecule has 0 aliphatic heterocycles. The van der Waals surface area contributed by atoms with Crippen molar-refractivity contribution < 1.29 is 0 Å². The highest BCUT2D eigenvalue weighted by molar-refractivity contribution is 5.80. The van der Waals surface area contributed by atoms with Crippen LogP contribution in [0.5, 0.6) is 0 Å². The molecule has 0 amide bonds. The zero-order chi connectivity index (χ0) is 9.56. The fourth-order valence-electron chi connectivity index (χ4n) is 1.09. The molecule has 1 nitrogen and oxygen atoms in total. The van der Waals surface area contributed by atoms with Crippen LogP contribution in [-0.4, -0.2) is 6.21 Å². The van der Waals surface area contributed by atoms with E-state index in [2.05, 4.69) is 39.3 Å². The van der Waals surface area contributed by atoms with Crippen LogP contribution < -0.4 is 0 Å². The standard InChI is InChI=1S/C11H19N/c1-6-10(5)11(9(3)4)8-12-7-2/h7-9H,2,6H2,1,3-5H3/b11-10-,12-8?. The van der Waals surface area contributed by atoms with E-state index in [4.69, 9.17) is 0 Å². The lowest BCUT2D eigenvalue weighted by Crippen LogP contribution is -1.98. The van der Waals surface area contributed by atoms with Crippen LogP contribution in [0.4, 0.5) is 0 Å². The minimum Gasteiger partial charge on any atom is -0.265 e. The second kappa shape index (κ2) is 5.76. The Balaban J connectivity index is 4.65. The van der Waals surface area contributed by atoms with Crippen LogP contribution in [0.25, 0.3) is 0 Å². The molecular weight excluding hydrogens is 146 g/mol. The largest absolute Gasteiger partial charge is 0.265 e. The summed E-state index contributed by atoms with van der Waals surface area (Å²) in [5.41, 5.74) is 2.74. The number of hydrogen-bond acceptors (Lipinski definition) is 1. The first-order valence-electron chi connectivity index (χ1n) is 4.47. The van der Waals surface area contributed by atoms with Crippen molar-refractivity contribution in [1.82, 2.24) is 0 Å². The van der Waals surface area contributed by atoms with Gasteiger partial charge in [0.15, 0.2) is 0 Å². The van der Waals surface area contributed by atoms with Gasteiger partial charge in [0.25, 0.3) is 0 Å². The van der Waals surface area contributed by atoms with Gasteiger partial charge in [0.2, 0.25) is 0 Å². The van der Waals surface area contributed by atoms with Gasteiger partial charge in [-0.05, 0) is 24.8 Å². The van der Waals surface area contributed by atoms with Gasteiger partial charge in [-0.2, -0.15) is 0 Å². The molecule has 0 aromatic carbocycles. The third-order valence-electron chi connectivity index (χ3n) is 1.96. The zero-order valence-electron chi connectivity index (χ0n) is 8.59. The second-order valence-electron chi connectivity index (χ2n) is 3.20. The lowest BCUT2D eigenvalue weighted by molar-refractivity contribution is 0.787. The van der Waals surface area contributed by atoms with Crippen molar-refractivity contribution >= 4 is 6.21 Å². The third kappa shape index (κ3) is 3.51. The minimum absolute atomic E-state index is 0.550. The van der Waals surface area contributed by atoms with Gasteiger partial charge in [0, 0.05) is 12.4 Å². The van der Waals surface area contributed by atoms with E-state index in [1.54, 1.807) is 6.20 Å². The van der Waals surface area contributed by atoms with Crippen LogP contribution in [-0.2, 0) is 0 Å². The summed E-state index contributed by atoms with van der Waals surface area (Å²) in [6.07, 6.45) is 4.58. The predicted octanol–water partition coefficient (Wildman–Crippen LogP) is 3.58. The van der Waals surface area contributed by atoms with Crippen molar-refractivity contribution in [3.63, 3.8) is 0 Å². The average molecular weight is 165 g/mol. The van der Waals surface area contributed by atoms with E-state index in [9.17, 15) is 0 Å². The molecule has 0 atom stereocenters. The Morgan fingerprint density at radius 1 is 1.50 bits per heavy atom. The summed E-state index contributed by atoms with van der Waals surface area (Å²) in [5, 5.41) is 0. The van der Waals surface area contributed by atoms with Gasteiger partial charge in [0.1, 0.15) is 0 Å². The highest BCUT2D eigenvalue weighted by Gasteiger charge is 2.02. The van der Waals surface area contributed by atoms with Gasteiger partial charge >= 0.3 is 0 Å². The molecule has 0 aliphatic carbocycles. The maximum Gasteiger partial charge on any atom is 0.0301 e. The maximum absolute atomic E-state index is 4.04. The molecule has 68 valence electrons. The van der Waals surface area contributed by atoms with Gasteiger partial charge < -0.3 is 0 Å². The molecule has 0 bridgehead atoms. The number of allylic oxidation sites excluding steroid dienone is 2. The number of aliphatic imine (C=N–C) groups is 1. The summed E-state index contributed by atoms with van der Waals surface area (Å²) in [6.45, 7) is 12.2. The molecule has 0 aromatic rings. The van der Waals surface area contributed by atoms with Crippen molar-refractivity contribution in [3.8, 4) is 0 Å². The number of hydrogen-bond donors (Lipinski definition) is 0. The lowest BCUT2D eigenvalue weighted by atomic mass is 9.98. The molecule has 0 aromatic heterocycles. The fraction of sp³-hybridized carbons (Fsp3) is 0.545. The van der Waals surface area contributed by atoms with E-state index in [0.29, 0.717) is 5.92 Å². The van der Waals surface area contributed by atoms with E-state index in [0.717, 1.165) is 6.42 Å². The number of rotatable bonds is 4. The summed E-state index contributed by atoms with van der Waals surface area (Å²) in [6, 6.07) is 0. The van der Waals surface area contributed by atoms with Gasteiger partial charge in [0.05, 0.1) is 0 Å². The first kappa shape index (κ1) is 11.2. The van der Waals surface area contributed by atoms with Gasteiger partial charge in [-0.1, -0.05) is 32.9 Å². The van der Waals surface area contributed by atoms with Crippen LogP contribution in [0.15, 0.2) is 28.9 Å². The van der Waals surface area contributed by atoms with E-state index >= 15 is 0 Å². The highest BCUT2D eigenvalue weighted by Crippen LogP contribution is 2.14. The Morgan fingerprint density at radius 2 is 2.08 bits per heavy atom. The monoisotopic (exact) mass is 165 g/mol. The van der Waals surface area contributed by atoms with Crippen molar-refractivity contribution in [2.75, 3.05) is 0 Å². The highest BCUT2D eigenvalue weighted by atomic mass is 14.7. The Bertz CT molecular complexity index is 197. The molecule has 0 rings (SSSR count). The summed E-state index contributed by atoms with van der Waals surface area (Å²) >= 11 is 0. The Morgan fingerprint density at radius 3 is 2.42 bits per heavy atom. The predicted molar refractivity (Wildman–Crippen MR) is 56.5 cm³/mol. The first-order chi connectivity index (χ1) is 5.63. The van der Waals surface area contributed by atoms with Crippen molar-refractivity contribution in [2.24, 2.45) is 10.9 Å². The molecule has 12 heavy (non-hydrogen) atoms. The molecule has 0 spiro atoms. The smallest absolute Gasteiger partial charge is 0.0301 e. The molecule has 0 saturated carbocycles. The van der Waals surface area contributed by atoms with Crippen molar-refractivity contribution in [1.29, 1.82) is 0 Å². The summed E-state index contributed by atoms with van der Waals surface area (Å²) in [4.78, 5) is 4.04. The third-order valence-corrected chi connectivity index (χ3v) is 1.96. The van der Waals surface area contributed by atoms with E-state index in [1.165, 1.54) is 11.1 Å². The van der Waals surface area contributed by atoms with Gasteiger partial charge in [-0.25, -0.2) is 0 Å². The first-order valence-corrected chi connectivity index (χ1v) is 4.47. The van der Waals surface area contributed by atoms with Crippen molar-refractivity contribution in [3.05, 3.63) is 23.9 Å². The molecule has 1 heteroatoms. The van der Waals surface area contributed by atoms with E-state index in [1.807, 2.05) is 6.21 Å². The topological polar surface area (TPSA) is 12.4 Å². The SMILES string of the molecule is C=CN=C/C(=C(\C)CC)C(C)C. The second-order valence-corrected chi connectivity index (χ2v) is 3.20. The molecule has 0 heterocycles.